The molecule has 0 unspecified atom stereocenters. The average Bonchev–Trinajstić information content (AvgIpc) is 3.73. The van der Waals surface area contributed by atoms with Crippen molar-refractivity contribution in [1.29, 1.82) is 0 Å². The fourth-order valence-electron chi connectivity index (χ4n) is 8.68. The van der Waals surface area contributed by atoms with Gasteiger partial charge in [0.2, 0.25) is 5.88 Å². The van der Waals surface area contributed by atoms with Crippen LogP contribution in [0.25, 0.3) is 16.6 Å². The number of benzene rings is 2. The Hall–Kier alpha value is -5.39. The number of carbonyl (C=O) groups is 1. The Bertz CT molecular complexity index is 2570. The van der Waals surface area contributed by atoms with Crippen LogP contribution in [0.3, 0.4) is 0 Å². The summed E-state index contributed by atoms with van der Waals surface area (Å²) >= 11 is 6.27. The number of anilines is 1. The van der Waals surface area contributed by atoms with E-state index in [1.807, 2.05) is 18.2 Å². The van der Waals surface area contributed by atoms with E-state index in [4.69, 9.17) is 30.8 Å². The topological polar surface area (TPSA) is 182 Å². The second-order valence-electron chi connectivity index (χ2n) is 16.3. The van der Waals surface area contributed by atoms with E-state index in [0.717, 1.165) is 49.0 Å². The second kappa shape index (κ2) is 18.9. The van der Waals surface area contributed by atoms with Gasteiger partial charge in [0.1, 0.15) is 22.8 Å². The number of aromatic nitrogens is 3. The number of sulfonamides is 1. The quantitative estimate of drug-likeness (QED) is 0.0523. The van der Waals surface area contributed by atoms with Gasteiger partial charge in [0, 0.05) is 74.7 Å². The molecule has 326 valence electrons. The average molecular weight is 884 g/mol. The van der Waals surface area contributed by atoms with Gasteiger partial charge in [0.25, 0.3) is 21.6 Å². The van der Waals surface area contributed by atoms with Gasteiger partial charge in [-0.05, 0) is 104 Å². The van der Waals surface area contributed by atoms with Crippen LogP contribution in [0.2, 0.25) is 5.02 Å². The van der Waals surface area contributed by atoms with Crippen molar-refractivity contribution in [2.45, 2.75) is 56.3 Å². The smallest absolute Gasteiger partial charge is 0.273 e. The van der Waals surface area contributed by atoms with Crippen molar-refractivity contribution in [3.63, 3.8) is 0 Å². The van der Waals surface area contributed by atoms with Gasteiger partial charge in [-0.25, -0.2) is 18.1 Å². The number of nitrogens with zero attached hydrogens (tertiary/aromatic N) is 5. The summed E-state index contributed by atoms with van der Waals surface area (Å²) in [4.78, 5) is 41.6. The molecule has 17 heteroatoms. The van der Waals surface area contributed by atoms with Crippen LogP contribution >= 0.6 is 11.6 Å². The summed E-state index contributed by atoms with van der Waals surface area (Å²) in [6, 6.07) is 18.6. The van der Waals surface area contributed by atoms with Gasteiger partial charge in [0.15, 0.2) is 0 Å². The molecule has 2 aromatic carbocycles. The molecule has 3 aromatic heterocycles. The van der Waals surface area contributed by atoms with Crippen LogP contribution in [-0.2, 0) is 25.9 Å². The number of piperazine rings is 1. The Kier molecular flexibility index (Phi) is 13.2. The molecule has 0 atom stereocenters. The number of halogens is 1. The Balaban J connectivity index is 0.989. The number of aryl methyl sites for hydroxylation is 1. The Morgan fingerprint density at radius 3 is 2.55 bits per heavy atom. The number of ether oxygens (including phenoxy) is 3. The molecule has 62 heavy (non-hydrogen) atoms. The summed E-state index contributed by atoms with van der Waals surface area (Å²) in [5, 5.41) is 13.5. The van der Waals surface area contributed by atoms with E-state index in [-0.39, 0.29) is 23.6 Å². The van der Waals surface area contributed by atoms with Crippen molar-refractivity contribution in [2.24, 2.45) is 5.41 Å². The number of allylic oxidation sites excluding steroid dienone is 1. The number of rotatable bonds is 17. The zero-order valence-corrected chi connectivity index (χ0v) is 36.2. The van der Waals surface area contributed by atoms with Crippen LogP contribution in [0.4, 0.5) is 11.5 Å². The third-order valence-corrected chi connectivity index (χ3v) is 13.9. The fraction of sp³-hybridized carbons (Fsp3) is 0.400. The lowest BCUT2D eigenvalue weighted by molar-refractivity contribution is -0.385. The van der Waals surface area contributed by atoms with Crippen molar-refractivity contribution in [3.05, 3.63) is 117 Å². The van der Waals surface area contributed by atoms with E-state index in [9.17, 15) is 23.3 Å². The first-order valence-electron chi connectivity index (χ1n) is 21.0. The predicted octanol–water partition coefficient (Wildman–Crippen LogP) is 7.96. The standard InChI is InChI=1S/C45H50ClN7O8S/c1-59-24-25-60-23-2-4-32-7-10-37(27-40(32)53(55)56)62(57,58)50-43(54)38-11-12-41(49-44(38)61-36-26-33-14-18-47-42(33)48-29-36)52-21-19-51(20-22-52)30-34-13-17-45(15-3-16-45)28-39(34)31-5-8-35(46)9-6-31/h5-12,14,18,26-27,29H,2-4,13,15-17,19-25,28,30H2,1H3,(H,47,48)(H,50,54). The number of nitrogens with one attached hydrogen (secondary N) is 2. The zero-order valence-electron chi connectivity index (χ0n) is 34.6. The molecule has 8 rings (SSSR count). The number of H-pyrrole nitrogens is 1. The maximum Gasteiger partial charge on any atom is 0.273 e. The van der Waals surface area contributed by atoms with Crippen LogP contribution < -0.4 is 14.4 Å². The number of carbonyl (C=O) groups excluding carboxylic acids is 1. The minimum absolute atomic E-state index is 0.117. The highest BCUT2D eigenvalue weighted by molar-refractivity contribution is 7.90. The van der Waals surface area contributed by atoms with Gasteiger partial charge >= 0.3 is 0 Å². The van der Waals surface area contributed by atoms with Crippen molar-refractivity contribution >= 4 is 55.6 Å². The fourth-order valence-corrected chi connectivity index (χ4v) is 9.79. The molecule has 2 fully saturated rings. The molecular formula is C45H50ClN7O8S. The Morgan fingerprint density at radius 2 is 1.81 bits per heavy atom. The molecule has 15 nitrogen and oxygen atoms in total. The van der Waals surface area contributed by atoms with Gasteiger partial charge in [-0.3, -0.25) is 19.8 Å². The van der Waals surface area contributed by atoms with E-state index in [0.29, 0.717) is 67.5 Å². The van der Waals surface area contributed by atoms with Gasteiger partial charge in [-0.1, -0.05) is 41.8 Å². The third-order valence-electron chi connectivity index (χ3n) is 12.3. The number of pyridine rings is 2. The third kappa shape index (κ3) is 9.95. The minimum atomic E-state index is -4.57. The van der Waals surface area contributed by atoms with E-state index in [1.54, 1.807) is 25.4 Å². The number of hydrogen-bond acceptors (Lipinski definition) is 12. The molecule has 3 aliphatic rings. The molecule has 1 amide bonds. The van der Waals surface area contributed by atoms with Crippen molar-refractivity contribution in [1.82, 2.24) is 24.6 Å². The van der Waals surface area contributed by atoms with Crippen LogP contribution in [0.15, 0.2) is 89.6 Å². The first-order valence-corrected chi connectivity index (χ1v) is 22.8. The summed E-state index contributed by atoms with van der Waals surface area (Å²) in [6.07, 6.45) is 11.4. The van der Waals surface area contributed by atoms with Crippen LogP contribution in [0.5, 0.6) is 11.6 Å². The lowest BCUT2D eigenvalue weighted by Crippen LogP contribution is -2.47. The normalized spacial score (nSPS) is 16.7. The molecule has 2 N–H and O–H groups in total. The maximum absolute atomic E-state index is 13.9. The van der Waals surface area contributed by atoms with Crippen LogP contribution in [0.1, 0.15) is 66.4 Å². The van der Waals surface area contributed by atoms with Crippen LogP contribution in [-0.4, -0.2) is 98.8 Å². The van der Waals surface area contributed by atoms with Gasteiger partial charge < -0.3 is 24.1 Å². The van der Waals surface area contributed by atoms with Crippen molar-refractivity contribution in [2.75, 3.05) is 64.6 Å². The minimum Gasteiger partial charge on any atom is -0.436 e. The van der Waals surface area contributed by atoms with E-state index in [1.165, 1.54) is 66.8 Å². The summed E-state index contributed by atoms with van der Waals surface area (Å²) in [5.74, 6) is -0.274. The highest BCUT2D eigenvalue weighted by Gasteiger charge is 2.41. The van der Waals surface area contributed by atoms with Gasteiger partial charge in [0.05, 0.1) is 29.2 Å². The first-order chi connectivity index (χ1) is 30.0. The summed E-state index contributed by atoms with van der Waals surface area (Å²) in [7, 11) is -3.01. The second-order valence-corrected chi connectivity index (χ2v) is 18.4. The van der Waals surface area contributed by atoms with E-state index in [2.05, 4.69) is 36.6 Å². The highest BCUT2D eigenvalue weighted by Crippen LogP contribution is 2.55. The number of methoxy groups -OCH3 is 1. The molecule has 5 aromatic rings. The lowest BCUT2D eigenvalue weighted by atomic mass is 9.59. The number of nitro benzene ring substituents is 1. The molecule has 2 aliphatic carbocycles. The number of nitro groups is 1. The molecule has 1 spiro atoms. The molecule has 4 heterocycles. The van der Waals surface area contributed by atoms with Gasteiger partial charge in [-0.15, -0.1) is 0 Å². The van der Waals surface area contributed by atoms with Crippen LogP contribution in [0, 0.1) is 15.5 Å². The summed E-state index contributed by atoms with van der Waals surface area (Å²) in [6.45, 7) is 5.00. The summed E-state index contributed by atoms with van der Waals surface area (Å²) in [5.41, 5.74) is 5.13. The number of hydrogen-bond donors (Lipinski definition) is 2. The summed E-state index contributed by atoms with van der Waals surface area (Å²) < 4.78 is 45.9. The SMILES string of the molecule is COCCOCCCc1ccc(S(=O)(=O)NC(=O)c2ccc(N3CCN(CC4=C(c5ccc(Cl)cc5)CC5(CCC5)CC4)CC3)nc2Oc2cnc3[nH]ccc3c2)cc1[N+](=O)[O-]. The largest absolute Gasteiger partial charge is 0.436 e. The molecule has 0 bridgehead atoms. The highest BCUT2D eigenvalue weighted by atomic mass is 35.5. The zero-order chi connectivity index (χ0) is 43.3. The number of aromatic amines is 1. The van der Waals surface area contributed by atoms with Crippen molar-refractivity contribution in [3.8, 4) is 11.6 Å². The van der Waals surface area contributed by atoms with Gasteiger partial charge in [-0.2, -0.15) is 4.98 Å². The lowest BCUT2D eigenvalue weighted by Gasteiger charge is -2.47. The molecule has 1 saturated heterocycles. The molecule has 1 saturated carbocycles. The Morgan fingerprint density at radius 1 is 1.00 bits per heavy atom. The van der Waals surface area contributed by atoms with Crippen molar-refractivity contribution < 1.29 is 32.3 Å². The van der Waals surface area contributed by atoms with E-state index >= 15 is 0 Å². The number of amides is 1. The molecule has 0 radical (unpaired) electrons. The molecule has 1 aliphatic heterocycles. The monoisotopic (exact) mass is 883 g/mol. The maximum atomic E-state index is 13.9. The van der Waals surface area contributed by atoms with E-state index < -0.39 is 25.7 Å². The molecular weight excluding hydrogens is 834 g/mol. The number of fused-ring (bicyclic) bond motifs is 1. The predicted molar refractivity (Wildman–Crippen MR) is 236 cm³/mol. The first kappa shape index (κ1) is 43.3. The Labute approximate surface area is 365 Å².